The van der Waals surface area contributed by atoms with Gasteiger partial charge in [0.2, 0.25) is 0 Å². The molecule has 2 rings (SSSR count). The van der Waals surface area contributed by atoms with E-state index in [-0.39, 0.29) is 36.5 Å². The Hall–Kier alpha value is -1.40. The largest absolute Gasteiger partial charge is 0.463 e. The molecule has 6 heteroatoms. The Labute approximate surface area is 195 Å². The molecule has 1 aromatic rings. The second-order valence-corrected chi connectivity index (χ2v) is 11.7. The van der Waals surface area contributed by atoms with Crippen molar-refractivity contribution in [2.45, 2.75) is 80.6 Å². The van der Waals surface area contributed by atoms with Crippen molar-refractivity contribution in [2.75, 3.05) is 6.61 Å². The number of ether oxygens (including phenoxy) is 3. The molecular weight excluding hydrogens is 460 g/mol. The van der Waals surface area contributed by atoms with Crippen LogP contribution in [0.15, 0.2) is 22.7 Å². The molecule has 31 heavy (non-hydrogen) atoms. The van der Waals surface area contributed by atoms with Gasteiger partial charge in [-0.05, 0) is 77.6 Å². The van der Waals surface area contributed by atoms with Crippen LogP contribution in [0.2, 0.25) is 0 Å². The standard InChI is InChI=1S/C25H37BrO5/c1-14-12-17(26)10-11-18(14)21-20(31-23(28)25(7,8)9)16(3)15(2)19(30-21)13-29-22(27)24(4,5)6/h10-12,15-16,19-21H,13H2,1-9H3/t15-,16-,19+,20-,21+/m0/s1. The van der Waals surface area contributed by atoms with Gasteiger partial charge in [0, 0.05) is 10.4 Å². The van der Waals surface area contributed by atoms with E-state index in [1.165, 1.54) is 0 Å². The second-order valence-electron chi connectivity index (χ2n) is 10.8. The molecular formula is C25H37BrO5. The van der Waals surface area contributed by atoms with Crippen LogP contribution in [-0.2, 0) is 23.8 Å². The average molecular weight is 497 g/mol. The lowest BCUT2D eigenvalue weighted by atomic mass is 9.79. The molecule has 0 spiro atoms. The third-order valence-corrected chi connectivity index (χ3v) is 6.43. The molecule has 1 heterocycles. The Kier molecular flexibility index (Phi) is 8.02. The van der Waals surface area contributed by atoms with Crippen molar-refractivity contribution in [1.82, 2.24) is 0 Å². The number of halogens is 1. The minimum atomic E-state index is -0.610. The predicted octanol–water partition coefficient (Wildman–Crippen LogP) is 6.02. The fourth-order valence-corrected chi connectivity index (χ4v) is 4.02. The molecule has 0 aromatic heterocycles. The smallest absolute Gasteiger partial charge is 0.311 e. The number of carbonyl (C=O) groups is 2. The highest BCUT2D eigenvalue weighted by Crippen LogP contribution is 2.42. The van der Waals surface area contributed by atoms with Crippen LogP contribution in [0.3, 0.4) is 0 Å². The Morgan fingerprint density at radius 3 is 2.10 bits per heavy atom. The highest BCUT2D eigenvalue weighted by Gasteiger charge is 2.46. The summed E-state index contributed by atoms with van der Waals surface area (Å²) < 4.78 is 19.1. The van der Waals surface area contributed by atoms with Gasteiger partial charge in [-0.3, -0.25) is 9.59 Å². The van der Waals surface area contributed by atoms with E-state index in [2.05, 4.69) is 29.8 Å². The fraction of sp³-hybridized carbons (Fsp3) is 0.680. The average Bonchev–Trinajstić information content (AvgIpc) is 2.63. The van der Waals surface area contributed by atoms with Crippen LogP contribution in [0.25, 0.3) is 0 Å². The first-order valence-electron chi connectivity index (χ1n) is 10.9. The van der Waals surface area contributed by atoms with Gasteiger partial charge < -0.3 is 14.2 Å². The molecule has 174 valence electrons. The number of carbonyl (C=O) groups excluding carboxylic acids is 2. The zero-order valence-electron chi connectivity index (χ0n) is 20.2. The SMILES string of the molecule is Cc1cc(Br)ccc1[C@H]1O[C@H](COC(=O)C(C)(C)C)[C@@H](C)[C@H](C)[C@@H]1OC(=O)C(C)(C)C. The number of esters is 2. The molecule has 1 saturated heterocycles. The highest BCUT2D eigenvalue weighted by molar-refractivity contribution is 9.10. The van der Waals surface area contributed by atoms with E-state index in [1.54, 1.807) is 0 Å². The molecule has 1 aliphatic rings. The normalized spacial score (nSPS) is 27.0. The molecule has 0 aliphatic carbocycles. The van der Waals surface area contributed by atoms with Crippen LogP contribution in [-0.4, -0.2) is 30.8 Å². The Morgan fingerprint density at radius 2 is 1.58 bits per heavy atom. The minimum absolute atomic E-state index is 0.0198. The second kappa shape index (κ2) is 9.62. The van der Waals surface area contributed by atoms with Gasteiger partial charge in [0.1, 0.15) is 18.8 Å². The van der Waals surface area contributed by atoms with Crippen LogP contribution in [0, 0.1) is 29.6 Å². The monoisotopic (exact) mass is 496 g/mol. The maximum Gasteiger partial charge on any atom is 0.311 e. The van der Waals surface area contributed by atoms with Crippen molar-refractivity contribution in [1.29, 1.82) is 0 Å². The van der Waals surface area contributed by atoms with E-state index in [0.717, 1.165) is 15.6 Å². The summed E-state index contributed by atoms with van der Waals surface area (Å²) >= 11 is 3.51. The number of benzene rings is 1. The van der Waals surface area contributed by atoms with E-state index < -0.39 is 23.0 Å². The van der Waals surface area contributed by atoms with E-state index in [1.807, 2.05) is 66.7 Å². The van der Waals surface area contributed by atoms with Gasteiger partial charge in [0.15, 0.2) is 0 Å². The Bertz CT molecular complexity index is 803. The quantitative estimate of drug-likeness (QED) is 0.477. The van der Waals surface area contributed by atoms with Gasteiger partial charge >= 0.3 is 11.9 Å². The summed E-state index contributed by atoms with van der Waals surface area (Å²) in [5, 5.41) is 0. The summed E-state index contributed by atoms with van der Waals surface area (Å²) in [5.41, 5.74) is 0.835. The van der Waals surface area contributed by atoms with E-state index >= 15 is 0 Å². The Morgan fingerprint density at radius 1 is 1.00 bits per heavy atom. The molecule has 5 nitrogen and oxygen atoms in total. The lowest BCUT2D eigenvalue weighted by Gasteiger charge is -2.45. The lowest BCUT2D eigenvalue weighted by molar-refractivity contribution is -0.212. The van der Waals surface area contributed by atoms with E-state index in [9.17, 15) is 9.59 Å². The molecule has 1 aromatic carbocycles. The fourth-order valence-electron chi connectivity index (χ4n) is 3.55. The molecule has 0 bridgehead atoms. The molecule has 1 fully saturated rings. The van der Waals surface area contributed by atoms with Crippen molar-refractivity contribution in [3.63, 3.8) is 0 Å². The molecule has 0 unspecified atom stereocenters. The molecule has 5 atom stereocenters. The minimum Gasteiger partial charge on any atom is -0.463 e. The zero-order valence-corrected chi connectivity index (χ0v) is 21.8. The summed E-state index contributed by atoms with van der Waals surface area (Å²) in [4.78, 5) is 25.1. The first-order chi connectivity index (χ1) is 14.1. The van der Waals surface area contributed by atoms with Gasteiger partial charge in [-0.15, -0.1) is 0 Å². The van der Waals surface area contributed by atoms with Crippen LogP contribution in [0.1, 0.15) is 72.6 Å². The van der Waals surface area contributed by atoms with E-state index in [4.69, 9.17) is 14.2 Å². The summed E-state index contributed by atoms with van der Waals surface area (Å²) in [6.45, 7) is 17.4. The number of aryl methyl sites for hydroxylation is 1. The maximum absolute atomic E-state index is 12.8. The Balaban J connectivity index is 2.35. The number of rotatable bonds is 4. The van der Waals surface area contributed by atoms with Gasteiger partial charge in [-0.2, -0.15) is 0 Å². The van der Waals surface area contributed by atoms with Crippen LogP contribution in [0.5, 0.6) is 0 Å². The van der Waals surface area contributed by atoms with Crippen LogP contribution in [0.4, 0.5) is 0 Å². The third kappa shape index (κ3) is 6.32. The van der Waals surface area contributed by atoms with Crippen LogP contribution < -0.4 is 0 Å². The predicted molar refractivity (Wildman–Crippen MR) is 125 cm³/mol. The van der Waals surface area contributed by atoms with Crippen LogP contribution >= 0.6 is 15.9 Å². The van der Waals surface area contributed by atoms with Gasteiger partial charge in [0.05, 0.1) is 16.9 Å². The molecule has 0 amide bonds. The summed E-state index contributed by atoms with van der Waals surface area (Å²) in [5.74, 6) is -0.449. The van der Waals surface area contributed by atoms with Gasteiger partial charge in [-0.1, -0.05) is 35.8 Å². The van der Waals surface area contributed by atoms with Gasteiger partial charge in [-0.25, -0.2) is 0 Å². The zero-order chi connectivity index (χ0) is 23.7. The number of hydrogen-bond donors (Lipinski definition) is 0. The third-order valence-electron chi connectivity index (χ3n) is 5.94. The molecule has 0 radical (unpaired) electrons. The summed E-state index contributed by atoms with van der Waals surface area (Å²) in [7, 11) is 0. The first-order valence-corrected chi connectivity index (χ1v) is 11.7. The maximum atomic E-state index is 12.8. The van der Waals surface area contributed by atoms with E-state index in [0.29, 0.717) is 0 Å². The summed E-state index contributed by atoms with van der Waals surface area (Å²) in [6, 6.07) is 5.99. The number of hydrogen-bond acceptors (Lipinski definition) is 5. The van der Waals surface area contributed by atoms with Gasteiger partial charge in [0.25, 0.3) is 0 Å². The molecule has 1 aliphatic heterocycles. The van der Waals surface area contributed by atoms with Crippen molar-refractivity contribution in [2.24, 2.45) is 22.7 Å². The van der Waals surface area contributed by atoms with Crippen molar-refractivity contribution < 1.29 is 23.8 Å². The highest BCUT2D eigenvalue weighted by atomic mass is 79.9. The molecule has 0 N–H and O–H groups in total. The summed E-state index contributed by atoms with van der Waals surface area (Å²) in [6.07, 6.45) is -1.17. The lowest BCUT2D eigenvalue weighted by Crippen LogP contribution is -2.49. The molecule has 0 saturated carbocycles. The first kappa shape index (κ1) is 25.9. The topological polar surface area (TPSA) is 61.8 Å². The van der Waals surface area contributed by atoms with Crippen molar-refractivity contribution >= 4 is 27.9 Å². The van der Waals surface area contributed by atoms with Crippen molar-refractivity contribution in [3.05, 3.63) is 33.8 Å². The van der Waals surface area contributed by atoms with Crippen molar-refractivity contribution in [3.8, 4) is 0 Å².